The van der Waals surface area contributed by atoms with Gasteiger partial charge in [0.25, 0.3) is 0 Å². The number of benzene rings is 1. The highest BCUT2D eigenvalue weighted by Crippen LogP contribution is 2.13. The van der Waals surface area contributed by atoms with Gasteiger partial charge < -0.3 is 15.2 Å². The van der Waals surface area contributed by atoms with Crippen molar-refractivity contribution in [1.82, 2.24) is 5.32 Å². The van der Waals surface area contributed by atoms with E-state index in [2.05, 4.69) is 5.32 Å². The number of carbonyl (C=O) groups is 1. The van der Waals surface area contributed by atoms with E-state index in [-0.39, 0.29) is 6.42 Å². The van der Waals surface area contributed by atoms with Crippen LogP contribution in [0.15, 0.2) is 24.3 Å². The van der Waals surface area contributed by atoms with Gasteiger partial charge in [0.2, 0.25) is 0 Å². The van der Waals surface area contributed by atoms with Crippen molar-refractivity contribution in [2.75, 3.05) is 13.2 Å². The normalized spacial score (nSPS) is 19.3. The Labute approximate surface area is 113 Å². The molecule has 1 atom stereocenters. The molecule has 1 saturated heterocycles. The minimum atomic E-state index is -0.789. The van der Waals surface area contributed by atoms with Crippen LogP contribution in [0.5, 0.6) is 0 Å². The number of rotatable bonds is 6. The molecule has 2 N–H and O–H groups in total. The summed E-state index contributed by atoms with van der Waals surface area (Å²) in [6.45, 7) is 2.40. The summed E-state index contributed by atoms with van der Waals surface area (Å²) in [5, 5.41) is 12.2. The third-order valence-electron chi connectivity index (χ3n) is 3.42. The van der Waals surface area contributed by atoms with Crippen molar-refractivity contribution in [3.8, 4) is 0 Å². The standard InChI is InChI=1S/C15H21NO3/c17-15(18)9-12-5-1-2-6-13(12)10-16-11-14-7-3-4-8-19-14/h1-2,5-6,14,16H,3-4,7-11H2,(H,17,18). The van der Waals surface area contributed by atoms with Crippen molar-refractivity contribution in [3.63, 3.8) is 0 Å². The molecule has 2 rings (SSSR count). The summed E-state index contributed by atoms with van der Waals surface area (Å²) in [5.41, 5.74) is 1.94. The van der Waals surface area contributed by atoms with Gasteiger partial charge in [-0.2, -0.15) is 0 Å². The quantitative estimate of drug-likeness (QED) is 0.824. The summed E-state index contributed by atoms with van der Waals surface area (Å²) in [7, 11) is 0. The van der Waals surface area contributed by atoms with E-state index >= 15 is 0 Å². The second-order valence-electron chi connectivity index (χ2n) is 4.96. The van der Waals surface area contributed by atoms with Gasteiger partial charge in [-0.25, -0.2) is 0 Å². The first kappa shape index (κ1) is 14.0. The van der Waals surface area contributed by atoms with Gasteiger partial charge in [-0.15, -0.1) is 0 Å². The average molecular weight is 263 g/mol. The highest BCUT2D eigenvalue weighted by atomic mass is 16.5. The molecule has 4 heteroatoms. The van der Waals surface area contributed by atoms with Crippen molar-refractivity contribution in [1.29, 1.82) is 0 Å². The fourth-order valence-corrected chi connectivity index (χ4v) is 2.40. The highest BCUT2D eigenvalue weighted by molar-refractivity contribution is 5.70. The number of hydrogen-bond donors (Lipinski definition) is 2. The maximum atomic E-state index is 10.8. The largest absolute Gasteiger partial charge is 0.481 e. The predicted molar refractivity (Wildman–Crippen MR) is 73.1 cm³/mol. The van der Waals surface area contributed by atoms with Crippen LogP contribution in [0.25, 0.3) is 0 Å². The first-order valence-electron chi connectivity index (χ1n) is 6.86. The van der Waals surface area contributed by atoms with Crippen LogP contribution in [0, 0.1) is 0 Å². The van der Waals surface area contributed by atoms with E-state index < -0.39 is 5.97 Å². The third kappa shape index (κ3) is 4.65. The van der Waals surface area contributed by atoms with Crippen LogP contribution in [-0.2, 0) is 22.5 Å². The van der Waals surface area contributed by atoms with E-state index in [9.17, 15) is 4.79 Å². The molecular weight excluding hydrogens is 242 g/mol. The highest BCUT2D eigenvalue weighted by Gasteiger charge is 2.13. The van der Waals surface area contributed by atoms with E-state index in [1.165, 1.54) is 6.42 Å². The molecule has 1 aromatic carbocycles. The van der Waals surface area contributed by atoms with E-state index in [1.807, 2.05) is 24.3 Å². The third-order valence-corrected chi connectivity index (χ3v) is 3.42. The van der Waals surface area contributed by atoms with Crippen molar-refractivity contribution < 1.29 is 14.6 Å². The molecule has 104 valence electrons. The van der Waals surface area contributed by atoms with E-state index in [0.29, 0.717) is 12.6 Å². The molecule has 4 nitrogen and oxygen atoms in total. The summed E-state index contributed by atoms with van der Waals surface area (Å²) in [4.78, 5) is 10.8. The molecule has 0 spiro atoms. The predicted octanol–water partition coefficient (Wildman–Crippen LogP) is 1.97. The molecular formula is C15H21NO3. The Balaban J connectivity index is 1.83. The lowest BCUT2D eigenvalue weighted by Crippen LogP contribution is -2.31. The molecule has 0 saturated carbocycles. The van der Waals surface area contributed by atoms with Crippen molar-refractivity contribution >= 4 is 5.97 Å². The maximum Gasteiger partial charge on any atom is 0.307 e. The summed E-state index contributed by atoms with van der Waals surface area (Å²) >= 11 is 0. The molecule has 1 fully saturated rings. The van der Waals surface area contributed by atoms with Gasteiger partial charge in [-0.1, -0.05) is 24.3 Å². The van der Waals surface area contributed by atoms with Gasteiger partial charge >= 0.3 is 5.97 Å². The topological polar surface area (TPSA) is 58.6 Å². The number of ether oxygens (including phenoxy) is 1. The average Bonchev–Trinajstić information content (AvgIpc) is 2.41. The van der Waals surface area contributed by atoms with Crippen LogP contribution in [0.2, 0.25) is 0 Å². The molecule has 0 amide bonds. The monoisotopic (exact) mass is 263 g/mol. The molecule has 1 aliphatic heterocycles. The molecule has 1 aromatic rings. The Bertz CT molecular complexity index is 414. The number of carboxylic acid groups (broad SMARTS) is 1. The molecule has 0 bridgehead atoms. The van der Waals surface area contributed by atoms with Gasteiger partial charge in [0, 0.05) is 19.7 Å². The Hall–Kier alpha value is -1.39. The van der Waals surface area contributed by atoms with Gasteiger partial charge in [-0.05, 0) is 30.4 Å². The van der Waals surface area contributed by atoms with Crippen molar-refractivity contribution in [2.45, 2.75) is 38.3 Å². The van der Waals surface area contributed by atoms with Gasteiger partial charge in [0.05, 0.1) is 12.5 Å². The zero-order valence-electron chi connectivity index (χ0n) is 11.1. The molecule has 19 heavy (non-hydrogen) atoms. The number of hydrogen-bond acceptors (Lipinski definition) is 3. The number of nitrogens with one attached hydrogen (secondary N) is 1. The first-order valence-corrected chi connectivity index (χ1v) is 6.86. The summed E-state index contributed by atoms with van der Waals surface area (Å²) in [6, 6.07) is 7.68. The lowest BCUT2D eigenvalue weighted by molar-refractivity contribution is -0.136. The van der Waals surface area contributed by atoms with Crippen LogP contribution < -0.4 is 5.32 Å². The van der Waals surface area contributed by atoms with E-state index in [4.69, 9.17) is 9.84 Å². The maximum absolute atomic E-state index is 10.8. The summed E-state index contributed by atoms with van der Waals surface area (Å²) in [6.07, 6.45) is 3.90. The Morgan fingerprint density at radius 3 is 2.79 bits per heavy atom. The first-order chi connectivity index (χ1) is 9.25. The zero-order chi connectivity index (χ0) is 13.5. The van der Waals surface area contributed by atoms with Crippen LogP contribution in [0.3, 0.4) is 0 Å². The number of aliphatic carboxylic acids is 1. The molecule has 1 heterocycles. The summed E-state index contributed by atoms with van der Waals surface area (Å²) < 4.78 is 5.65. The lowest BCUT2D eigenvalue weighted by atomic mass is 10.0. The second-order valence-corrected chi connectivity index (χ2v) is 4.96. The Kier molecular flexibility index (Phi) is 5.36. The molecule has 0 aromatic heterocycles. The fraction of sp³-hybridized carbons (Fsp3) is 0.533. The van der Waals surface area contributed by atoms with Gasteiger partial charge in [0.1, 0.15) is 0 Å². The van der Waals surface area contributed by atoms with E-state index in [0.717, 1.165) is 37.1 Å². The zero-order valence-corrected chi connectivity index (χ0v) is 11.1. The Morgan fingerprint density at radius 2 is 2.11 bits per heavy atom. The van der Waals surface area contributed by atoms with E-state index in [1.54, 1.807) is 0 Å². The van der Waals surface area contributed by atoms with Crippen LogP contribution in [-0.4, -0.2) is 30.3 Å². The fourth-order valence-electron chi connectivity index (χ4n) is 2.40. The van der Waals surface area contributed by atoms with Crippen molar-refractivity contribution in [2.24, 2.45) is 0 Å². The molecule has 0 aliphatic carbocycles. The molecule has 1 unspecified atom stereocenters. The Morgan fingerprint density at radius 1 is 1.32 bits per heavy atom. The molecule has 0 radical (unpaired) electrons. The van der Waals surface area contributed by atoms with Gasteiger partial charge in [0.15, 0.2) is 0 Å². The lowest BCUT2D eigenvalue weighted by Gasteiger charge is -2.23. The van der Waals surface area contributed by atoms with Crippen LogP contribution >= 0.6 is 0 Å². The minimum absolute atomic E-state index is 0.0811. The van der Waals surface area contributed by atoms with Crippen molar-refractivity contribution in [3.05, 3.63) is 35.4 Å². The molecule has 1 aliphatic rings. The van der Waals surface area contributed by atoms with Gasteiger partial charge in [-0.3, -0.25) is 4.79 Å². The van der Waals surface area contributed by atoms with Crippen LogP contribution in [0.4, 0.5) is 0 Å². The summed E-state index contributed by atoms with van der Waals surface area (Å²) in [5.74, 6) is -0.789. The minimum Gasteiger partial charge on any atom is -0.481 e. The SMILES string of the molecule is O=C(O)Cc1ccccc1CNCC1CCCCO1. The number of carboxylic acids is 1. The smallest absolute Gasteiger partial charge is 0.307 e. The van der Waals surface area contributed by atoms with Crippen LogP contribution in [0.1, 0.15) is 30.4 Å². The second kappa shape index (κ2) is 7.26.